The summed E-state index contributed by atoms with van der Waals surface area (Å²) in [6, 6.07) is 0.754. The summed E-state index contributed by atoms with van der Waals surface area (Å²) >= 11 is 2.25. The van der Waals surface area contributed by atoms with Gasteiger partial charge < -0.3 is 10.1 Å². The van der Waals surface area contributed by atoms with Crippen LogP contribution < -0.4 is 5.32 Å². The minimum atomic E-state index is 0.754. The Labute approximate surface area is 110 Å². The maximum absolute atomic E-state index is 5.46. The van der Waals surface area contributed by atoms with Crippen molar-refractivity contribution >= 4 is 11.8 Å². The van der Waals surface area contributed by atoms with Crippen molar-refractivity contribution < 1.29 is 4.74 Å². The Morgan fingerprint density at radius 3 is 2.65 bits per heavy atom. The van der Waals surface area contributed by atoms with E-state index >= 15 is 0 Å². The molecule has 1 aliphatic carbocycles. The standard InChI is InChI=1S/C14H27NOS/c1-3-15-13-5-4-11(2)10-14(13)17-12-6-8-16-9-7-12/h11-15H,3-10H2,1-2H3. The van der Waals surface area contributed by atoms with Crippen LogP contribution in [0.25, 0.3) is 0 Å². The molecule has 3 unspecified atom stereocenters. The van der Waals surface area contributed by atoms with Crippen LogP contribution in [0.3, 0.4) is 0 Å². The summed E-state index contributed by atoms with van der Waals surface area (Å²) in [7, 11) is 0. The van der Waals surface area contributed by atoms with E-state index in [4.69, 9.17) is 4.74 Å². The van der Waals surface area contributed by atoms with Gasteiger partial charge in [-0.05, 0) is 44.6 Å². The molecule has 0 spiro atoms. The van der Waals surface area contributed by atoms with Gasteiger partial charge in [-0.25, -0.2) is 0 Å². The van der Waals surface area contributed by atoms with Crippen LogP contribution in [0.4, 0.5) is 0 Å². The van der Waals surface area contributed by atoms with Crippen molar-refractivity contribution in [2.24, 2.45) is 5.92 Å². The van der Waals surface area contributed by atoms with Crippen LogP contribution >= 0.6 is 11.8 Å². The fourth-order valence-corrected chi connectivity index (χ4v) is 4.85. The molecule has 1 saturated heterocycles. The Bertz CT molecular complexity index is 218. The van der Waals surface area contributed by atoms with Crippen molar-refractivity contribution in [1.29, 1.82) is 0 Å². The van der Waals surface area contributed by atoms with Crippen molar-refractivity contribution in [3.8, 4) is 0 Å². The van der Waals surface area contributed by atoms with Gasteiger partial charge in [-0.3, -0.25) is 0 Å². The second kappa shape index (κ2) is 7.01. The summed E-state index contributed by atoms with van der Waals surface area (Å²) in [4.78, 5) is 0. The number of thioether (sulfide) groups is 1. The predicted molar refractivity (Wildman–Crippen MR) is 75.7 cm³/mol. The van der Waals surface area contributed by atoms with Crippen LogP contribution in [0, 0.1) is 5.92 Å². The Morgan fingerprint density at radius 2 is 1.94 bits per heavy atom. The normalized spacial score (nSPS) is 36.0. The Balaban J connectivity index is 1.85. The molecule has 1 aliphatic heterocycles. The topological polar surface area (TPSA) is 21.3 Å². The van der Waals surface area contributed by atoms with Crippen molar-refractivity contribution in [3.05, 3.63) is 0 Å². The minimum Gasteiger partial charge on any atom is -0.381 e. The van der Waals surface area contributed by atoms with Crippen LogP contribution in [0.5, 0.6) is 0 Å². The first kappa shape index (κ1) is 13.7. The molecule has 2 aliphatic rings. The van der Waals surface area contributed by atoms with Gasteiger partial charge in [0.1, 0.15) is 0 Å². The molecule has 0 aromatic rings. The Kier molecular flexibility index (Phi) is 5.64. The molecular formula is C14H27NOS. The van der Waals surface area contributed by atoms with Gasteiger partial charge in [0.15, 0.2) is 0 Å². The van der Waals surface area contributed by atoms with Gasteiger partial charge in [0, 0.05) is 29.8 Å². The van der Waals surface area contributed by atoms with E-state index in [9.17, 15) is 0 Å². The zero-order chi connectivity index (χ0) is 12.1. The monoisotopic (exact) mass is 257 g/mol. The molecule has 0 radical (unpaired) electrons. The molecule has 3 heteroatoms. The van der Waals surface area contributed by atoms with Gasteiger partial charge in [-0.2, -0.15) is 11.8 Å². The fourth-order valence-electron chi connectivity index (χ4n) is 3.03. The van der Waals surface area contributed by atoms with Crippen LogP contribution in [-0.4, -0.2) is 36.3 Å². The predicted octanol–water partition coefficient (Wildman–Crippen LogP) is 3.07. The molecule has 0 bridgehead atoms. The third kappa shape index (κ3) is 4.15. The van der Waals surface area contributed by atoms with Crippen molar-refractivity contribution in [2.45, 2.75) is 62.5 Å². The number of hydrogen-bond donors (Lipinski definition) is 1. The molecular weight excluding hydrogens is 230 g/mol. The number of hydrogen-bond acceptors (Lipinski definition) is 3. The van der Waals surface area contributed by atoms with Crippen LogP contribution in [0.1, 0.15) is 46.0 Å². The van der Waals surface area contributed by atoms with Gasteiger partial charge in [-0.15, -0.1) is 0 Å². The average Bonchev–Trinajstić information content (AvgIpc) is 2.34. The highest BCUT2D eigenvalue weighted by Crippen LogP contribution is 2.37. The van der Waals surface area contributed by atoms with E-state index in [0.29, 0.717) is 0 Å². The maximum Gasteiger partial charge on any atom is 0.0476 e. The van der Waals surface area contributed by atoms with E-state index in [2.05, 4.69) is 30.9 Å². The molecule has 2 fully saturated rings. The van der Waals surface area contributed by atoms with Crippen LogP contribution in [0.2, 0.25) is 0 Å². The number of nitrogens with one attached hydrogen (secondary N) is 1. The lowest BCUT2D eigenvalue weighted by molar-refractivity contribution is 0.0998. The Morgan fingerprint density at radius 1 is 1.18 bits per heavy atom. The van der Waals surface area contributed by atoms with Gasteiger partial charge >= 0.3 is 0 Å². The first-order chi connectivity index (χ1) is 8.29. The van der Waals surface area contributed by atoms with Crippen molar-refractivity contribution in [3.63, 3.8) is 0 Å². The molecule has 0 aromatic carbocycles. The van der Waals surface area contributed by atoms with Crippen LogP contribution in [-0.2, 0) is 4.74 Å². The summed E-state index contributed by atoms with van der Waals surface area (Å²) in [5, 5.41) is 5.38. The number of ether oxygens (including phenoxy) is 1. The van der Waals surface area contributed by atoms with Gasteiger partial charge in [0.2, 0.25) is 0 Å². The lowest BCUT2D eigenvalue weighted by Crippen LogP contribution is -2.43. The van der Waals surface area contributed by atoms with E-state index < -0.39 is 0 Å². The maximum atomic E-state index is 5.46. The molecule has 100 valence electrons. The minimum absolute atomic E-state index is 0.754. The van der Waals surface area contributed by atoms with Gasteiger partial charge in [0.25, 0.3) is 0 Å². The smallest absolute Gasteiger partial charge is 0.0476 e. The largest absolute Gasteiger partial charge is 0.381 e. The quantitative estimate of drug-likeness (QED) is 0.836. The first-order valence-electron chi connectivity index (χ1n) is 7.26. The molecule has 1 saturated carbocycles. The van der Waals surface area contributed by atoms with E-state index in [1.54, 1.807) is 0 Å². The van der Waals surface area contributed by atoms with E-state index in [-0.39, 0.29) is 0 Å². The summed E-state index contributed by atoms with van der Waals surface area (Å²) < 4.78 is 5.46. The summed E-state index contributed by atoms with van der Waals surface area (Å²) in [5.74, 6) is 0.919. The highest BCUT2D eigenvalue weighted by Gasteiger charge is 2.30. The second-order valence-electron chi connectivity index (χ2n) is 5.57. The summed E-state index contributed by atoms with van der Waals surface area (Å²) in [6.07, 6.45) is 6.70. The van der Waals surface area contributed by atoms with E-state index in [1.807, 2.05) is 0 Å². The molecule has 0 aromatic heterocycles. The molecule has 1 N–H and O–H groups in total. The molecule has 17 heavy (non-hydrogen) atoms. The lowest BCUT2D eigenvalue weighted by Gasteiger charge is -2.37. The third-order valence-electron chi connectivity index (χ3n) is 4.06. The fraction of sp³-hybridized carbons (Fsp3) is 1.00. The van der Waals surface area contributed by atoms with E-state index in [0.717, 1.165) is 42.2 Å². The highest BCUT2D eigenvalue weighted by molar-refractivity contribution is 8.00. The lowest BCUT2D eigenvalue weighted by atomic mass is 9.87. The summed E-state index contributed by atoms with van der Waals surface area (Å²) in [6.45, 7) is 7.72. The molecule has 0 amide bonds. The van der Waals surface area contributed by atoms with Crippen molar-refractivity contribution in [1.82, 2.24) is 5.32 Å². The molecule has 2 rings (SSSR count). The first-order valence-corrected chi connectivity index (χ1v) is 8.20. The zero-order valence-electron chi connectivity index (χ0n) is 11.3. The van der Waals surface area contributed by atoms with Gasteiger partial charge in [0.05, 0.1) is 0 Å². The third-order valence-corrected chi connectivity index (χ3v) is 5.78. The molecule has 1 heterocycles. The number of rotatable bonds is 4. The van der Waals surface area contributed by atoms with Crippen LogP contribution in [0.15, 0.2) is 0 Å². The highest BCUT2D eigenvalue weighted by atomic mass is 32.2. The molecule has 2 nitrogen and oxygen atoms in total. The second-order valence-corrected chi connectivity index (χ2v) is 7.11. The molecule has 3 atom stereocenters. The zero-order valence-corrected chi connectivity index (χ0v) is 12.1. The Hall–Kier alpha value is 0.270. The summed E-state index contributed by atoms with van der Waals surface area (Å²) in [5.41, 5.74) is 0. The average molecular weight is 257 g/mol. The SMILES string of the molecule is CCNC1CCC(C)CC1SC1CCOCC1. The van der Waals surface area contributed by atoms with E-state index in [1.165, 1.54) is 32.1 Å². The van der Waals surface area contributed by atoms with Gasteiger partial charge in [-0.1, -0.05) is 13.8 Å². The van der Waals surface area contributed by atoms with Crippen molar-refractivity contribution in [2.75, 3.05) is 19.8 Å².